The van der Waals surface area contributed by atoms with E-state index in [2.05, 4.69) is 63.8 Å². The summed E-state index contributed by atoms with van der Waals surface area (Å²) < 4.78 is 0. The molecule has 1 fully saturated rings. The Hall–Kier alpha value is -0.120. The number of likely N-dealkylation sites (N-methyl/N-ethyl adjacent to an activating group) is 2. The third kappa shape index (κ3) is 3.67. The molecule has 1 aliphatic rings. The summed E-state index contributed by atoms with van der Waals surface area (Å²) in [5.74, 6) is 0. The fourth-order valence-corrected chi connectivity index (χ4v) is 3.46. The van der Waals surface area contributed by atoms with Gasteiger partial charge in [-0.3, -0.25) is 4.90 Å². The largest absolute Gasteiger partial charge is 0.318 e. The van der Waals surface area contributed by atoms with E-state index in [4.69, 9.17) is 0 Å². The van der Waals surface area contributed by atoms with Crippen LogP contribution in [0, 0.1) is 0 Å². The molecule has 1 heterocycles. The molecule has 0 radical (unpaired) electrons. The van der Waals surface area contributed by atoms with E-state index in [-0.39, 0.29) is 11.1 Å². The maximum Gasteiger partial charge on any atom is 0.0358 e. The van der Waals surface area contributed by atoms with Crippen molar-refractivity contribution in [3.05, 3.63) is 0 Å². The van der Waals surface area contributed by atoms with E-state index < -0.39 is 0 Å². The van der Waals surface area contributed by atoms with Crippen molar-refractivity contribution in [3.63, 3.8) is 0 Å². The molecule has 0 aromatic heterocycles. The average Bonchev–Trinajstić information content (AvgIpc) is 2.22. The lowest BCUT2D eigenvalue weighted by Gasteiger charge is -2.50. The van der Waals surface area contributed by atoms with Gasteiger partial charge in [0.05, 0.1) is 0 Å². The van der Waals surface area contributed by atoms with E-state index in [0.717, 1.165) is 13.1 Å². The van der Waals surface area contributed by atoms with Gasteiger partial charge in [-0.2, -0.15) is 0 Å². The fraction of sp³-hybridized carbons (Fsp3) is 1.00. The Morgan fingerprint density at radius 3 is 2.35 bits per heavy atom. The van der Waals surface area contributed by atoms with Crippen molar-refractivity contribution in [2.75, 3.05) is 33.7 Å². The van der Waals surface area contributed by atoms with Crippen LogP contribution < -0.4 is 5.32 Å². The highest BCUT2D eigenvalue weighted by Crippen LogP contribution is 2.32. The monoisotopic (exact) mass is 241 g/mol. The van der Waals surface area contributed by atoms with Gasteiger partial charge in [-0.05, 0) is 61.7 Å². The van der Waals surface area contributed by atoms with E-state index in [9.17, 15) is 0 Å². The normalized spacial score (nSPS) is 28.1. The van der Waals surface area contributed by atoms with Crippen LogP contribution in [-0.4, -0.2) is 60.6 Å². The molecule has 1 unspecified atom stereocenters. The summed E-state index contributed by atoms with van der Waals surface area (Å²) in [7, 11) is 4.30. The number of nitrogens with one attached hydrogen (secondary N) is 1. The summed E-state index contributed by atoms with van der Waals surface area (Å²) in [5, 5.41) is 3.36. The highest BCUT2D eigenvalue weighted by atomic mass is 15.3. The molecule has 0 bridgehead atoms. The minimum absolute atomic E-state index is 0.218. The Kier molecular flexibility index (Phi) is 4.61. The van der Waals surface area contributed by atoms with Gasteiger partial charge in [-0.25, -0.2) is 0 Å². The minimum Gasteiger partial charge on any atom is -0.318 e. The van der Waals surface area contributed by atoms with Gasteiger partial charge in [-0.15, -0.1) is 0 Å². The predicted molar refractivity (Wildman–Crippen MR) is 75.5 cm³/mol. The summed E-state index contributed by atoms with van der Waals surface area (Å²) in [6.07, 6.45) is 1.24. The van der Waals surface area contributed by atoms with Crippen molar-refractivity contribution in [1.82, 2.24) is 15.1 Å². The van der Waals surface area contributed by atoms with E-state index in [1.165, 1.54) is 13.0 Å². The molecule has 3 nitrogen and oxygen atoms in total. The van der Waals surface area contributed by atoms with Crippen LogP contribution in [0.2, 0.25) is 0 Å². The highest BCUT2D eigenvalue weighted by Gasteiger charge is 2.41. The Labute approximate surface area is 108 Å². The number of hydrogen-bond donors (Lipinski definition) is 1. The number of nitrogens with zero attached hydrogens (tertiary/aromatic N) is 2. The summed E-state index contributed by atoms with van der Waals surface area (Å²) in [6.45, 7) is 15.2. The molecule has 0 aromatic rings. The van der Waals surface area contributed by atoms with Gasteiger partial charge < -0.3 is 10.2 Å². The average molecular weight is 241 g/mol. The Balaban J connectivity index is 3.02. The number of hydrogen-bond acceptors (Lipinski definition) is 3. The first-order valence-corrected chi connectivity index (χ1v) is 6.81. The van der Waals surface area contributed by atoms with Gasteiger partial charge in [0.1, 0.15) is 0 Å². The zero-order valence-corrected chi connectivity index (χ0v) is 12.8. The highest BCUT2D eigenvalue weighted by molar-refractivity contribution is 4.98. The second kappa shape index (κ2) is 5.25. The number of rotatable bonds is 2. The zero-order valence-electron chi connectivity index (χ0n) is 12.8. The molecule has 1 saturated heterocycles. The maximum atomic E-state index is 3.36. The van der Waals surface area contributed by atoms with Gasteiger partial charge >= 0.3 is 0 Å². The van der Waals surface area contributed by atoms with Gasteiger partial charge in [0.15, 0.2) is 0 Å². The Morgan fingerprint density at radius 2 is 1.88 bits per heavy atom. The summed E-state index contributed by atoms with van der Waals surface area (Å²) >= 11 is 0. The molecule has 1 atom stereocenters. The van der Waals surface area contributed by atoms with Crippen molar-refractivity contribution in [2.45, 2.75) is 58.2 Å². The SMILES string of the molecule is CNCC1CN(C)CCC(C)(C)N1C(C)(C)C. The first kappa shape index (κ1) is 14.9. The van der Waals surface area contributed by atoms with Crippen LogP contribution in [0.4, 0.5) is 0 Å². The second-order valence-electron chi connectivity index (χ2n) is 7.08. The molecule has 3 heteroatoms. The van der Waals surface area contributed by atoms with Gasteiger partial charge in [0.25, 0.3) is 0 Å². The molecular weight excluding hydrogens is 210 g/mol. The van der Waals surface area contributed by atoms with Crippen molar-refractivity contribution >= 4 is 0 Å². The molecule has 0 saturated carbocycles. The van der Waals surface area contributed by atoms with Gasteiger partial charge in [-0.1, -0.05) is 0 Å². The van der Waals surface area contributed by atoms with E-state index in [1.54, 1.807) is 0 Å². The third-order valence-corrected chi connectivity index (χ3v) is 3.81. The van der Waals surface area contributed by atoms with Crippen LogP contribution in [0.1, 0.15) is 41.0 Å². The standard InChI is InChI=1S/C14H31N3/c1-13(2,3)17-12(10-15-6)11-16(7)9-8-14(17,4)5/h12,15H,8-11H2,1-7H3. The lowest BCUT2D eigenvalue weighted by Crippen LogP contribution is -2.61. The first-order valence-electron chi connectivity index (χ1n) is 6.81. The molecule has 17 heavy (non-hydrogen) atoms. The van der Waals surface area contributed by atoms with Crippen molar-refractivity contribution in [1.29, 1.82) is 0 Å². The van der Waals surface area contributed by atoms with Gasteiger partial charge in [0.2, 0.25) is 0 Å². The quantitative estimate of drug-likeness (QED) is 0.795. The van der Waals surface area contributed by atoms with Crippen LogP contribution >= 0.6 is 0 Å². The molecule has 1 N–H and O–H groups in total. The third-order valence-electron chi connectivity index (χ3n) is 3.81. The van der Waals surface area contributed by atoms with E-state index >= 15 is 0 Å². The van der Waals surface area contributed by atoms with Gasteiger partial charge in [0, 0.05) is 30.2 Å². The van der Waals surface area contributed by atoms with E-state index in [1.807, 2.05) is 0 Å². The van der Waals surface area contributed by atoms with Crippen LogP contribution in [0.15, 0.2) is 0 Å². The molecule has 102 valence electrons. The Morgan fingerprint density at radius 1 is 1.29 bits per heavy atom. The molecular formula is C14H31N3. The minimum atomic E-state index is 0.218. The lowest BCUT2D eigenvalue weighted by molar-refractivity contribution is -0.00850. The van der Waals surface area contributed by atoms with Crippen molar-refractivity contribution < 1.29 is 0 Å². The topological polar surface area (TPSA) is 18.5 Å². The smallest absolute Gasteiger partial charge is 0.0358 e. The summed E-state index contributed by atoms with van der Waals surface area (Å²) in [5.41, 5.74) is 0.487. The first-order chi connectivity index (χ1) is 7.68. The van der Waals surface area contributed by atoms with Crippen molar-refractivity contribution in [2.24, 2.45) is 0 Å². The summed E-state index contributed by atoms with van der Waals surface area (Å²) in [6, 6.07) is 0.586. The van der Waals surface area contributed by atoms with Crippen molar-refractivity contribution in [3.8, 4) is 0 Å². The molecule has 0 spiro atoms. The van der Waals surface area contributed by atoms with Crippen LogP contribution in [0.5, 0.6) is 0 Å². The molecule has 0 aliphatic carbocycles. The predicted octanol–water partition coefficient (Wildman–Crippen LogP) is 1.79. The molecule has 1 rings (SSSR count). The molecule has 1 aliphatic heterocycles. The Bertz CT molecular complexity index is 242. The van der Waals surface area contributed by atoms with Crippen LogP contribution in [0.25, 0.3) is 0 Å². The van der Waals surface area contributed by atoms with Crippen LogP contribution in [0.3, 0.4) is 0 Å². The summed E-state index contributed by atoms with van der Waals surface area (Å²) in [4.78, 5) is 5.18. The molecule has 0 amide bonds. The molecule has 0 aromatic carbocycles. The lowest BCUT2D eigenvalue weighted by atomic mass is 9.90. The maximum absolute atomic E-state index is 3.36. The van der Waals surface area contributed by atoms with E-state index in [0.29, 0.717) is 6.04 Å². The zero-order chi connectivity index (χ0) is 13.3. The second-order valence-corrected chi connectivity index (χ2v) is 7.08. The fourth-order valence-electron chi connectivity index (χ4n) is 3.46. The van der Waals surface area contributed by atoms with Crippen LogP contribution in [-0.2, 0) is 0 Å².